The maximum atomic E-state index is 5.33. The van der Waals surface area contributed by atoms with E-state index < -0.39 is 0 Å². The van der Waals surface area contributed by atoms with E-state index in [1.807, 2.05) is 36.4 Å². The number of hydrogen-bond acceptors (Lipinski definition) is 3. The first-order valence-electron chi connectivity index (χ1n) is 20.1. The van der Waals surface area contributed by atoms with Gasteiger partial charge in [0.25, 0.3) is 0 Å². The summed E-state index contributed by atoms with van der Waals surface area (Å²) < 4.78 is 4.83. The van der Waals surface area contributed by atoms with Crippen LogP contribution in [0, 0.1) is 0 Å². The Bertz CT molecular complexity index is 3030. The number of aromatic nitrogens is 5. The summed E-state index contributed by atoms with van der Waals surface area (Å²) in [6, 6.07) is 58.5. The molecule has 0 N–H and O–H groups in total. The molecule has 10 rings (SSSR count). The third-order valence-electron chi connectivity index (χ3n) is 11.5. The minimum absolute atomic E-state index is 0.0164. The van der Waals surface area contributed by atoms with Crippen molar-refractivity contribution in [1.29, 1.82) is 0 Å². The third-order valence-corrected chi connectivity index (χ3v) is 11.5. The van der Waals surface area contributed by atoms with Crippen molar-refractivity contribution in [3.05, 3.63) is 175 Å². The lowest BCUT2D eigenvalue weighted by molar-refractivity contribution is 0.590. The minimum atomic E-state index is -0.0164. The molecule has 0 atom stereocenters. The highest BCUT2D eigenvalue weighted by Crippen LogP contribution is 2.43. The van der Waals surface area contributed by atoms with Crippen molar-refractivity contribution in [2.24, 2.45) is 0 Å². The normalized spacial score (nSPS) is 12.3. The Balaban J connectivity index is 1.38. The first kappa shape index (κ1) is 35.6. The second kappa shape index (κ2) is 13.4. The van der Waals surface area contributed by atoms with Gasteiger partial charge < -0.3 is 9.13 Å². The van der Waals surface area contributed by atoms with E-state index >= 15 is 0 Å². The second-order valence-electron chi connectivity index (χ2n) is 17.4. The molecule has 282 valence electrons. The van der Waals surface area contributed by atoms with Gasteiger partial charge in [-0.2, -0.15) is 0 Å². The topological polar surface area (TPSA) is 48.5 Å². The summed E-state index contributed by atoms with van der Waals surface area (Å²) in [5.74, 6) is 1.89. The lowest BCUT2D eigenvalue weighted by Crippen LogP contribution is -2.10. The summed E-state index contributed by atoms with van der Waals surface area (Å²) in [4.78, 5) is 15.7. The zero-order valence-corrected chi connectivity index (χ0v) is 33.8. The van der Waals surface area contributed by atoms with Crippen LogP contribution in [0.2, 0.25) is 0 Å². The molecule has 58 heavy (non-hydrogen) atoms. The van der Waals surface area contributed by atoms with Crippen LogP contribution in [0.5, 0.6) is 0 Å². The molecule has 0 amide bonds. The van der Waals surface area contributed by atoms with Crippen LogP contribution >= 0.6 is 0 Å². The molecule has 0 unspecified atom stereocenters. The standard InChI is InChI=1S/C53H45N5/c1-52(2,3)36-26-28-45-40(30-36)41-31-37(53(4,5)6)27-29-46(41)58(45)48-33-47-42(39-24-16-17-25-44(39)57(47)38-22-14-9-15-23-38)32-43(48)51-55-49(34-18-10-7-11-19-34)54-50(56-51)35-20-12-8-13-21-35/h7-33H,1-6H3. The first-order chi connectivity index (χ1) is 28.0. The number of fused-ring (bicyclic) bond motifs is 6. The molecular formula is C53H45N5. The summed E-state index contributed by atoms with van der Waals surface area (Å²) in [5, 5.41) is 4.76. The summed E-state index contributed by atoms with van der Waals surface area (Å²) in [6.07, 6.45) is 0. The van der Waals surface area contributed by atoms with Gasteiger partial charge in [-0.25, -0.2) is 15.0 Å². The smallest absolute Gasteiger partial charge is 0.166 e. The molecule has 5 heteroatoms. The van der Waals surface area contributed by atoms with Crippen LogP contribution in [-0.4, -0.2) is 24.1 Å². The van der Waals surface area contributed by atoms with E-state index in [-0.39, 0.29) is 10.8 Å². The van der Waals surface area contributed by atoms with Crippen LogP contribution < -0.4 is 0 Å². The summed E-state index contributed by atoms with van der Waals surface area (Å²) in [7, 11) is 0. The molecule has 3 heterocycles. The number of hydrogen-bond donors (Lipinski definition) is 0. The lowest BCUT2D eigenvalue weighted by Gasteiger charge is -2.19. The van der Waals surface area contributed by atoms with Crippen molar-refractivity contribution in [2.75, 3.05) is 0 Å². The fraction of sp³-hybridized carbons (Fsp3) is 0.151. The molecule has 0 fully saturated rings. The maximum Gasteiger partial charge on any atom is 0.166 e. The number of benzene rings is 7. The van der Waals surface area contributed by atoms with Crippen molar-refractivity contribution >= 4 is 43.6 Å². The Morgan fingerprint density at radius 1 is 0.362 bits per heavy atom. The fourth-order valence-corrected chi connectivity index (χ4v) is 8.37. The predicted molar refractivity (Wildman–Crippen MR) is 242 cm³/mol. The van der Waals surface area contributed by atoms with Gasteiger partial charge in [-0.15, -0.1) is 0 Å². The summed E-state index contributed by atoms with van der Waals surface area (Å²) in [5.41, 5.74) is 12.0. The number of nitrogens with zero attached hydrogens (tertiary/aromatic N) is 5. The van der Waals surface area contributed by atoms with Gasteiger partial charge in [0.05, 0.1) is 27.8 Å². The third kappa shape index (κ3) is 5.97. The van der Waals surface area contributed by atoms with E-state index in [2.05, 4.69) is 178 Å². The highest BCUT2D eigenvalue weighted by Gasteiger charge is 2.25. The molecule has 0 radical (unpaired) electrons. The Morgan fingerprint density at radius 3 is 1.34 bits per heavy atom. The zero-order chi connectivity index (χ0) is 39.8. The monoisotopic (exact) mass is 751 g/mol. The van der Waals surface area contributed by atoms with E-state index in [9.17, 15) is 0 Å². The van der Waals surface area contributed by atoms with Gasteiger partial charge in [0.2, 0.25) is 0 Å². The van der Waals surface area contributed by atoms with Gasteiger partial charge in [-0.05, 0) is 76.6 Å². The van der Waals surface area contributed by atoms with Crippen LogP contribution in [0.15, 0.2) is 164 Å². The predicted octanol–water partition coefficient (Wildman–Crippen LogP) is 13.7. The molecule has 0 spiro atoms. The van der Waals surface area contributed by atoms with Gasteiger partial charge in [0.15, 0.2) is 17.5 Å². The van der Waals surface area contributed by atoms with E-state index in [1.54, 1.807) is 0 Å². The molecule has 0 saturated heterocycles. The molecule has 0 bridgehead atoms. The van der Waals surface area contributed by atoms with Crippen LogP contribution in [-0.2, 0) is 10.8 Å². The van der Waals surface area contributed by atoms with E-state index in [1.165, 1.54) is 27.3 Å². The molecule has 0 saturated carbocycles. The zero-order valence-electron chi connectivity index (χ0n) is 33.8. The fourth-order valence-electron chi connectivity index (χ4n) is 8.37. The van der Waals surface area contributed by atoms with Gasteiger partial charge >= 0.3 is 0 Å². The highest BCUT2D eigenvalue weighted by molar-refractivity contribution is 6.14. The van der Waals surface area contributed by atoms with Gasteiger partial charge in [-0.3, -0.25) is 0 Å². The molecule has 5 nitrogen and oxygen atoms in total. The van der Waals surface area contributed by atoms with Crippen molar-refractivity contribution in [1.82, 2.24) is 24.1 Å². The van der Waals surface area contributed by atoms with Crippen LogP contribution in [0.1, 0.15) is 52.7 Å². The average Bonchev–Trinajstić information content (AvgIpc) is 3.75. The van der Waals surface area contributed by atoms with Crippen LogP contribution in [0.3, 0.4) is 0 Å². The molecule has 0 aliphatic carbocycles. The number of rotatable bonds is 5. The molecule has 7 aromatic carbocycles. The van der Waals surface area contributed by atoms with Crippen LogP contribution in [0.4, 0.5) is 0 Å². The SMILES string of the molecule is CC(C)(C)c1ccc2c(c1)c1cc(C(C)(C)C)ccc1n2-c1cc2c(cc1-c1nc(-c3ccccc3)nc(-c3ccccc3)n1)c1ccccc1n2-c1ccccc1. The Labute approximate surface area is 339 Å². The van der Waals surface area contributed by atoms with Gasteiger partial charge in [0.1, 0.15) is 0 Å². The molecule has 3 aromatic heterocycles. The highest BCUT2D eigenvalue weighted by atomic mass is 15.1. The first-order valence-corrected chi connectivity index (χ1v) is 20.1. The summed E-state index contributed by atoms with van der Waals surface area (Å²) in [6.45, 7) is 13.7. The largest absolute Gasteiger partial charge is 0.309 e. The molecule has 10 aromatic rings. The van der Waals surface area contributed by atoms with Crippen molar-refractivity contribution < 1.29 is 0 Å². The maximum absolute atomic E-state index is 5.33. The van der Waals surface area contributed by atoms with Gasteiger partial charge in [-0.1, -0.05) is 151 Å². The quantitative estimate of drug-likeness (QED) is 0.176. The Kier molecular flexibility index (Phi) is 8.20. The molecular weight excluding hydrogens is 707 g/mol. The summed E-state index contributed by atoms with van der Waals surface area (Å²) >= 11 is 0. The lowest BCUT2D eigenvalue weighted by atomic mass is 9.85. The second-order valence-corrected chi connectivity index (χ2v) is 17.4. The Morgan fingerprint density at radius 2 is 0.810 bits per heavy atom. The van der Waals surface area contributed by atoms with Crippen molar-refractivity contribution in [2.45, 2.75) is 52.4 Å². The Hall–Kier alpha value is -6.85. The molecule has 0 aliphatic rings. The van der Waals surface area contributed by atoms with Crippen LogP contribution in [0.25, 0.3) is 89.2 Å². The van der Waals surface area contributed by atoms with Crippen molar-refractivity contribution in [3.8, 4) is 45.5 Å². The number of para-hydroxylation sites is 2. The van der Waals surface area contributed by atoms with Crippen molar-refractivity contribution in [3.63, 3.8) is 0 Å². The van der Waals surface area contributed by atoms with E-state index in [0.717, 1.165) is 55.5 Å². The van der Waals surface area contributed by atoms with E-state index in [0.29, 0.717) is 17.5 Å². The average molecular weight is 752 g/mol. The molecule has 0 aliphatic heterocycles. The van der Waals surface area contributed by atoms with Gasteiger partial charge in [0, 0.05) is 43.9 Å². The van der Waals surface area contributed by atoms with E-state index in [4.69, 9.17) is 15.0 Å². The minimum Gasteiger partial charge on any atom is -0.309 e.